The van der Waals surface area contributed by atoms with E-state index in [1.54, 1.807) is 0 Å². The minimum absolute atomic E-state index is 0.0865. The molecule has 4 heteroatoms. The quantitative estimate of drug-likeness (QED) is 0.806. The monoisotopic (exact) mass is 265 g/mol. The lowest BCUT2D eigenvalue weighted by atomic mass is 10.0. The highest BCUT2D eigenvalue weighted by molar-refractivity contribution is 6.29. The Labute approximate surface area is 116 Å². The topological polar surface area (TPSA) is 57.2 Å². The average molecular weight is 265 g/mol. The Morgan fingerprint density at radius 3 is 2.90 bits per heavy atom. The maximum atomic E-state index is 12.0. The number of aryl methyl sites for hydroxylation is 1. The molecule has 0 saturated heterocycles. The Kier molecular flexibility index (Phi) is 2.33. The molecular formula is C16H15N3O. The molecule has 2 heterocycles. The molecule has 0 spiro atoms. The molecule has 1 fully saturated rings. The molecule has 2 aliphatic rings. The van der Waals surface area contributed by atoms with Crippen molar-refractivity contribution >= 4 is 28.6 Å². The van der Waals surface area contributed by atoms with Crippen molar-refractivity contribution in [2.24, 2.45) is 11.0 Å². The minimum Gasteiger partial charge on any atom is -0.358 e. The van der Waals surface area contributed by atoms with Crippen LogP contribution in [0.4, 0.5) is 0 Å². The number of aromatic amines is 1. The Hall–Kier alpha value is -2.36. The summed E-state index contributed by atoms with van der Waals surface area (Å²) in [7, 11) is 0. The van der Waals surface area contributed by atoms with Crippen LogP contribution in [0, 0.1) is 12.8 Å². The number of H-pyrrole nitrogens is 1. The lowest BCUT2D eigenvalue weighted by Crippen LogP contribution is -2.13. The van der Waals surface area contributed by atoms with Crippen LogP contribution < -0.4 is 5.43 Å². The second kappa shape index (κ2) is 4.07. The Balaban J connectivity index is 1.87. The fourth-order valence-corrected chi connectivity index (χ4v) is 2.78. The molecule has 1 aliphatic carbocycles. The Bertz CT molecular complexity index is 778. The van der Waals surface area contributed by atoms with E-state index < -0.39 is 0 Å². The number of aromatic nitrogens is 1. The molecule has 0 radical (unpaired) electrons. The molecule has 1 aliphatic heterocycles. The van der Waals surface area contributed by atoms with E-state index in [-0.39, 0.29) is 5.91 Å². The largest absolute Gasteiger partial charge is 0.358 e. The number of nitrogens with zero attached hydrogens (tertiary/aromatic N) is 1. The van der Waals surface area contributed by atoms with Gasteiger partial charge in [0.1, 0.15) is 0 Å². The number of carbonyl (C=O) groups is 1. The van der Waals surface area contributed by atoms with Crippen molar-refractivity contribution in [3.8, 4) is 0 Å². The van der Waals surface area contributed by atoms with E-state index in [0.717, 1.165) is 46.3 Å². The van der Waals surface area contributed by atoms with Gasteiger partial charge in [-0.05, 0) is 31.9 Å². The molecule has 0 unspecified atom stereocenters. The number of para-hydroxylation sites is 1. The Morgan fingerprint density at radius 2 is 2.10 bits per heavy atom. The second-order valence-electron chi connectivity index (χ2n) is 5.48. The summed E-state index contributed by atoms with van der Waals surface area (Å²) in [5, 5.41) is 5.33. The van der Waals surface area contributed by atoms with E-state index in [1.165, 1.54) is 0 Å². The highest BCUT2D eigenvalue weighted by Crippen LogP contribution is 2.36. The van der Waals surface area contributed by atoms with Crippen LogP contribution in [0.5, 0.6) is 0 Å². The van der Waals surface area contributed by atoms with Gasteiger partial charge in [0, 0.05) is 28.1 Å². The van der Waals surface area contributed by atoms with Crippen LogP contribution in [0.1, 0.15) is 24.1 Å². The summed E-state index contributed by atoms with van der Waals surface area (Å²) in [6, 6.07) is 8.15. The van der Waals surface area contributed by atoms with Gasteiger partial charge < -0.3 is 4.98 Å². The Morgan fingerprint density at radius 1 is 1.30 bits per heavy atom. The molecule has 1 aromatic carbocycles. The van der Waals surface area contributed by atoms with Crippen molar-refractivity contribution in [3.05, 3.63) is 41.1 Å². The van der Waals surface area contributed by atoms with E-state index in [0.29, 0.717) is 5.92 Å². The van der Waals surface area contributed by atoms with Gasteiger partial charge in [0.15, 0.2) is 0 Å². The van der Waals surface area contributed by atoms with Gasteiger partial charge in [0.05, 0.1) is 11.3 Å². The number of nitrogens with one attached hydrogen (secondary N) is 2. The highest BCUT2D eigenvalue weighted by atomic mass is 16.2. The van der Waals surface area contributed by atoms with Crippen LogP contribution in [-0.2, 0) is 4.79 Å². The van der Waals surface area contributed by atoms with E-state index in [1.807, 2.05) is 25.1 Å². The average Bonchev–Trinajstić information content (AvgIpc) is 3.15. The first-order chi connectivity index (χ1) is 9.74. The summed E-state index contributed by atoms with van der Waals surface area (Å²) in [5.41, 5.74) is 7.50. The number of hydrogen-bond donors (Lipinski definition) is 2. The third-order valence-corrected chi connectivity index (χ3v) is 3.99. The van der Waals surface area contributed by atoms with Gasteiger partial charge in [0.25, 0.3) is 5.91 Å². The molecule has 0 atom stereocenters. The number of hydrazone groups is 1. The number of fused-ring (bicyclic) bond motifs is 1. The first-order valence-electron chi connectivity index (χ1n) is 6.91. The van der Waals surface area contributed by atoms with Gasteiger partial charge in [-0.1, -0.05) is 18.2 Å². The van der Waals surface area contributed by atoms with Gasteiger partial charge in [0.2, 0.25) is 0 Å². The predicted molar refractivity (Wildman–Crippen MR) is 79.3 cm³/mol. The SMILES string of the molecule is Cc1[nH]c2ccccc2c1C=C1C(=O)NN=C1C1CC1. The lowest BCUT2D eigenvalue weighted by Gasteiger charge is -2.00. The van der Waals surface area contributed by atoms with Gasteiger partial charge in [-0.3, -0.25) is 4.79 Å². The molecule has 4 nitrogen and oxygen atoms in total. The van der Waals surface area contributed by atoms with E-state index in [9.17, 15) is 4.79 Å². The molecule has 20 heavy (non-hydrogen) atoms. The summed E-state index contributed by atoms with van der Waals surface area (Å²) in [6.45, 7) is 2.03. The number of amides is 1. The van der Waals surface area contributed by atoms with Crippen molar-refractivity contribution in [2.75, 3.05) is 0 Å². The van der Waals surface area contributed by atoms with Crippen molar-refractivity contribution in [1.82, 2.24) is 10.4 Å². The van der Waals surface area contributed by atoms with E-state index in [4.69, 9.17) is 0 Å². The lowest BCUT2D eigenvalue weighted by molar-refractivity contribution is -0.116. The molecular weight excluding hydrogens is 250 g/mol. The fourth-order valence-electron chi connectivity index (χ4n) is 2.78. The number of rotatable bonds is 2. The van der Waals surface area contributed by atoms with Gasteiger partial charge >= 0.3 is 0 Å². The molecule has 2 aromatic rings. The normalized spacial score (nSPS) is 20.6. The fraction of sp³-hybridized carbons (Fsp3) is 0.250. The standard InChI is InChI=1S/C16H15N3O/c1-9-12(11-4-2-3-5-14(11)17-9)8-13-15(10-6-7-10)18-19-16(13)20/h2-5,8,10,17H,6-7H2,1H3,(H,19,20). The molecule has 100 valence electrons. The maximum absolute atomic E-state index is 12.0. The smallest absolute Gasteiger partial charge is 0.273 e. The van der Waals surface area contributed by atoms with Crippen LogP contribution >= 0.6 is 0 Å². The highest BCUT2D eigenvalue weighted by Gasteiger charge is 2.35. The second-order valence-corrected chi connectivity index (χ2v) is 5.48. The molecule has 1 saturated carbocycles. The summed E-state index contributed by atoms with van der Waals surface area (Å²) in [4.78, 5) is 15.3. The van der Waals surface area contributed by atoms with Gasteiger partial charge in [-0.15, -0.1) is 0 Å². The zero-order chi connectivity index (χ0) is 13.7. The molecule has 4 rings (SSSR count). The minimum atomic E-state index is -0.0865. The molecule has 1 aromatic heterocycles. The maximum Gasteiger partial charge on any atom is 0.273 e. The van der Waals surface area contributed by atoms with Crippen LogP contribution in [-0.4, -0.2) is 16.6 Å². The number of benzene rings is 1. The predicted octanol–water partition coefficient (Wildman–Crippen LogP) is 2.76. The van der Waals surface area contributed by atoms with Crippen molar-refractivity contribution in [2.45, 2.75) is 19.8 Å². The molecule has 2 N–H and O–H groups in total. The van der Waals surface area contributed by atoms with Crippen LogP contribution in [0.25, 0.3) is 17.0 Å². The van der Waals surface area contributed by atoms with Crippen LogP contribution in [0.15, 0.2) is 34.9 Å². The molecule has 1 amide bonds. The zero-order valence-electron chi connectivity index (χ0n) is 11.2. The van der Waals surface area contributed by atoms with Crippen molar-refractivity contribution < 1.29 is 4.79 Å². The molecule has 0 bridgehead atoms. The summed E-state index contributed by atoms with van der Waals surface area (Å²) < 4.78 is 0. The third-order valence-electron chi connectivity index (χ3n) is 3.99. The summed E-state index contributed by atoms with van der Waals surface area (Å²) in [5.74, 6) is 0.377. The van der Waals surface area contributed by atoms with Crippen LogP contribution in [0.2, 0.25) is 0 Å². The van der Waals surface area contributed by atoms with Crippen LogP contribution in [0.3, 0.4) is 0 Å². The summed E-state index contributed by atoms with van der Waals surface area (Å²) in [6.07, 6.45) is 4.25. The van der Waals surface area contributed by atoms with E-state index in [2.05, 4.69) is 27.6 Å². The third kappa shape index (κ3) is 1.68. The van der Waals surface area contributed by atoms with Crippen molar-refractivity contribution in [3.63, 3.8) is 0 Å². The number of hydrogen-bond acceptors (Lipinski definition) is 2. The van der Waals surface area contributed by atoms with Gasteiger partial charge in [-0.25, -0.2) is 5.43 Å². The zero-order valence-corrected chi connectivity index (χ0v) is 11.2. The first kappa shape index (κ1) is 11.5. The van der Waals surface area contributed by atoms with Crippen molar-refractivity contribution in [1.29, 1.82) is 0 Å². The number of carbonyl (C=O) groups excluding carboxylic acids is 1. The first-order valence-corrected chi connectivity index (χ1v) is 6.91. The van der Waals surface area contributed by atoms with Gasteiger partial charge in [-0.2, -0.15) is 5.10 Å². The van der Waals surface area contributed by atoms with E-state index >= 15 is 0 Å². The summed E-state index contributed by atoms with van der Waals surface area (Å²) >= 11 is 0.